The van der Waals surface area contributed by atoms with E-state index in [1.165, 1.54) is 12.4 Å². The van der Waals surface area contributed by atoms with Gasteiger partial charge in [0, 0.05) is 30.2 Å². The third-order valence-electron chi connectivity index (χ3n) is 2.47. The molecule has 0 saturated carbocycles. The summed E-state index contributed by atoms with van der Waals surface area (Å²) in [6.45, 7) is 3.46. The van der Waals surface area contributed by atoms with Crippen molar-refractivity contribution in [2.75, 3.05) is 0 Å². The van der Waals surface area contributed by atoms with Gasteiger partial charge >= 0.3 is 0 Å². The minimum absolute atomic E-state index is 0.559. The summed E-state index contributed by atoms with van der Waals surface area (Å²) in [4.78, 5) is 11.1. The summed E-state index contributed by atoms with van der Waals surface area (Å²) >= 11 is 0. The number of hydrogen-bond donors (Lipinski definition) is 1. The zero-order valence-electron chi connectivity index (χ0n) is 10.1. The summed E-state index contributed by atoms with van der Waals surface area (Å²) in [6, 6.07) is 3.34. The van der Waals surface area contributed by atoms with Crippen molar-refractivity contribution in [3.05, 3.63) is 58.3 Å². The number of aryl methyl sites for hydroxylation is 1. The highest BCUT2D eigenvalue weighted by Crippen LogP contribution is 2.04. The second kappa shape index (κ2) is 4.79. The van der Waals surface area contributed by atoms with Gasteiger partial charge in [-0.2, -0.15) is 14.9 Å². The zero-order chi connectivity index (χ0) is 13.1. The molecule has 0 atom stereocenters. The number of pyridine rings is 1. The van der Waals surface area contributed by atoms with E-state index in [1.54, 1.807) is 38.1 Å². The maximum atomic E-state index is 11.1. The van der Waals surface area contributed by atoms with Crippen molar-refractivity contribution < 1.29 is 9.97 Å². The van der Waals surface area contributed by atoms with E-state index in [0.717, 1.165) is 9.49 Å². The van der Waals surface area contributed by atoms with Crippen LogP contribution in [0.25, 0.3) is 0 Å². The van der Waals surface area contributed by atoms with Crippen molar-refractivity contribution in [1.29, 1.82) is 0 Å². The molecule has 1 aromatic heterocycles. The number of nitrogens with zero attached hydrogens (tertiary/aromatic N) is 4. The highest BCUT2D eigenvalue weighted by atomic mass is 16.5. The number of allylic oxidation sites excluding steroid dienone is 3. The molecule has 0 radical (unpaired) electrons. The molecule has 2 rings (SSSR count). The normalized spacial score (nSPS) is 18.3. The SMILES string of the molecule is CC1=CC(=NN=c2ccn(O)c(C)c2)C=C[N+]1=O. The Kier molecular flexibility index (Phi) is 3.18. The average molecular weight is 245 g/mol. The molecule has 0 aromatic carbocycles. The first-order valence-corrected chi connectivity index (χ1v) is 5.39. The Morgan fingerprint density at radius 2 is 2.11 bits per heavy atom. The summed E-state index contributed by atoms with van der Waals surface area (Å²) in [7, 11) is 0. The van der Waals surface area contributed by atoms with Crippen LogP contribution in [-0.2, 0) is 0 Å². The van der Waals surface area contributed by atoms with E-state index in [0.29, 0.717) is 22.5 Å². The maximum Gasteiger partial charge on any atom is 0.238 e. The van der Waals surface area contributed by atoms with E-state index >= 15 is 0 Å². The molecule has 0 unspecified atom stereocenters. The van der Waals surface area contributed by atoms with Gasteiger partial charge in [0.2, 0.25) is 11.9 Å². The van der Waals surface area contributed by atoms with E-state index in [1.807, 2.05) is 0 Å². The fourth-order valence-electron chi connectivity index (χ4n) is 1.42. The Hall–Kier alpha value is -2.50. The van der Waals surface area contributed by atoms with Gasteiger partial charge in [-0.15, -0.1) is 0 Å². The molecular formula is C12H13N4O2+. The predicted molar refractivity (Wildman–Crippen MR) is 65.9 cm³/mol. The highest BCUT2D eigenvalue weighted by molar-refractivity contribution is 6.04. The smallest absolute Gasteiger partial charge is 0.238 e. The second-order valence-electron chi connectivity index (χ2n) is 3.92. The van der Waals surface area contributed by atoms with E-state index < -0.39 is 0 Å². The largest absolute Gasteiger partial charge is 0.429 e. The van der Waals surface area contributed by atoms with Crippen molar-refractivity contribution in [1.82, 2.24) is 4.73 Å². The summed E-state index contributed by atoms with van der Waals surface area (Å²) in [5.41, 5.74) is 1.83. The molecule has 1 aromatic rings. The molecule has 1 aliphatic rings. The first kappa shape index (κ1) is 12.0. The molecule has 6 nitrogen and oxygen atoms in total. The number of hydrogen-bond acceptors (Lipinski definition) is 4. The van der Waals surface area contributed by atoms with Crippen molar-refractivity contribution in [3.8, 4) is 0 Å². The molecule has 18 heavy (non-hydrogen) atoms. The standard InChI is InChI=1S/C12H13N4O2/c1-9-7-11(3-5-15(9)17)13-14-12-4-6-16(18)10(2)8-12/h3-8,17H,1-2H3/q+1. The van der Waals surface area contributed by atoms with Crippen LogP contribution in [0.1, 0.15) is 12.6 Å². The Labute approximate surface area is 103 Å². The van der Waals surface area contributed by atoms with Crippen LogP contribution in [0.4, 0.5) is 0 Å². The molecule has 0 bridgehead atoms. The van der Waals surface area contributed by atoms with Gasteiger partial charge < -0.3 is 5.21 Å². The van der Waals surface area contributed by atoms with E-state index in [9.17, 15) is 10.1 Å². The Morgan fingerprint density at radius 1 is 1.33 bits per heavy atom. The molecular weight excluding hydrogens is 232 g/mol. The molecule has 0 amide bonds. The van der Waals surface area contributed by atoms with Crippen molar-refractivity contribution in [2.45, 2.75) is 13.8 Å². The molecule has 1 N–H and O–H groups in total. The first-order valence-electron chi connectivity index (χ1n) is 5.39. The average Bonchev–Trinajstić information content (AvgIpc) is 2.35. The van der Waals surface area contributed by atoms with E-state index in [2.05, 4.69) is 10.2 Å². The molecule has 6 heteroatoms. The van der Waals surface area contributed by atoms with Crippen molar-refractivity contribution in [2.24, 2.45) is 10.2 Å². The van der Waals surface area contributed by atoms with Crippen LogP contribution in [0.5, 0.6) is 0 Å². The predicted octanol–water partition coefficient (Wildman–Crippen LogP) is 1.50. The molecule has 0 saturated heterocycles. The number of rotatable bonds is 1. The molecule has 0 aliphatic carbocycles. The van der Waals surface area contributed by atoms with Crippen LogP contribution in [-0.4, -0.2) is 20.4 Å². The first-order chi connectivity index (χ1) is 8.56. The van der Waals surface area contributed by atoms with Gasteiger partial charge in [0.1, 0.15) is 0 Å². The Morgan fingerprint density at radius 3 is 2.78 bits per heavy atom. The van der Waals surface area contributed by atoms with Crippen LogP contribution in [0.3, 0.4) is 0 Å². The summed E-state index contributed by atoms with van der Waals surface area (Å²) in [5, 5.41) is 18.0. The lowest BCUT2D eigenvalue weighted by Gasteiger charge is -1.99. The summed E-state index contributed by atoms with van der Waals surface area (Å²) in [5.74, 6) is 0. The van der Waals surface area contributed by atoms with Crippen LogP contribution >= 0.6 is 0 Å². The Bertz CT molecular complexity index is 650. The van der Waals surface area contributed by atoms with Gasteiger partial charge in [0.15, 0.2) is 0 Å². The second-order valence-corrected chi connectivity index (χ2v) is 3.92. The van der Waals surface area contributed by atoms with Gasteiger partial charge in [0.05, 0.1) is 21.5 Å². The van der Waals surface area contributed by atoms with Crippen LogP contribution in [0.15, 0.2) is 52.6 Å². The van der Waals surface area contributed by atoms with Crippen LogP contribution in [0, 0.1) is 11.8 Å². The summed E-state index contributed by atoms with van der Waals surface area (Å²) < 4.78 is 1.77. The van der Waals surface area contributed by atoms with Gasteiger partial charge in [-0.1, -0.05) is 0 Å². The molecule has 0 fully saturated rings. The zero-order valence-corrected chi connectivity index (χ0v) is 10.1. The maximum absolute atomic E-state index is 11.1. The lowest BCUT2D eigenvalue weighted by molar-refractivity contribution is -0.424. The van der Waals surface area contributed by atoms with Gasteiger partial charge in [-0.3, -0.25) is 0 Å². The molecule has 0 spiro atoms. The molecule has 1 aliphatic heterocycles. The molecule has 2 heterocycles. The quantitative estimate of drug-likeness (QED) is 0.462. The topological polar surface area (TPSA) is 70.0 Å². The Balaban J connectivity index is 2.32. The van der Waals surface area contributed by atoms with Gasteiger partial charge in [-0.25, -0.2) is 0 Å². The van der Waals surface area contributed by atoms with E-state index in [-0.39, 0.29) is 0 Å². The van der Waals surface area contributed by atoms with Crippen molar-refractivity contribution >= 4 is 5.71 Å². The van der Waals surface area contributed by atoms with E-state index in [4.69, 9.17) is 0 Å². The van der Waals surface area contributed by atoms with Gasteiger partial charge in [0.25, 0.3) is 0 Å². The minimum atomic E-state index is 0.559. The molecule has 92 valence electrons. The lowest BCUT2D eigenvalue weighted by Crippen LogP contribution is -2.08. The van der Waals surface area contributed by atoms with Gasteiger partial charge in [-0.05, 0) is 19.1 Å². The summed E-state index contributed by atoms with van der Waals surface area (Å²) in [6.07, 6.45) is 6.12. The highest BCUT2D eigenvalue weighted by Gasteiger charge is 2.14. The number of nitroso groups, excluding NO2 is 1. The third-order valence-corrected chi connectivity index (χ3v) is 2.47. The number of aromatic nitrogens is 1. The fourth-order valence-corrected chi connectivity index (χ4v) is 1.42. The van der Waals surface area contributed by atoms with Crippen molar-refractivity contribution in [3.63, 3.8) is 0 Å². The third kappa shape index (κ3) is 2.60. The monoisotopic (exact) mass is 245 g/mol. The lowest BCUT2D eigenvalue weighted by atomic mass is 10.2. The fraction of sp³-hybridized carbons (Fsp3) is 0.167. The van der Waals surface area contributed by atoms with Crippen LogP contribution in [0.2, 0.25) is 0 Å². The minimum Gasteiger partial charge on any atom is -0.429 e. The van der Waals surface area contributed by atoms with Crippen LogP contribution < -0.4 is 5.36 Å².